The van der Waals surface area contributed by atoms with E-state index in [4.69, 9.17) is 17.7 Å². The van der Waals surface area contributed by atoms with Crippen LogP contribution in [0.25, 0.3) is 16.9 Å². The van der Waals surface area contributed by atoms with E-state index in [1.54, 1.807) is 18.3 Å². The van der Waals surface area contributed by atoms with E-state index in [0.29, 0.717) is 47.3 Å². The smallest absolute Gasteiger partial charge is 0.243 e. The zero-order valence-corrected chi connectivity index (χ0v) is 21.3. The molecule has 1 saturated heterocycles. The standard InChI is InChI=1S/C28H26BN7O2/c1-34(2)15-23-19(18-8-10-38-16-18)4-6-25(33-23)32-22-5-3-20(21-14-36(29)28(37)27(21)22)24-13-31-26-11-17(12-30)7-9-35(24)26/h3-7,9,11,13,18H,8,10,14-16H2,1-2H3,(H,32,33). The molecular formula is C28H26BN7O2. The third kappa shape index (κ3) is 4.20. The van der Waals surface area contributed by atoms with Crippen LogP contribution in [0.2, 0.25) is 0 Å². The lowest BCUT2D eigenvalue weighted by Crippen LogP contribution is -2.20. The minimum absolute atomic E-state index is 0.252. The van der Waals surface area contributed by atoms with Crippen LogP contribution in [0.1, 0.15) is 45.1 Å². The summed E-state index contributed by atoms with van der Waals surface area (Å²) in [6.45, 7) is 2.47. The highest BCUT2D eigenvalue weighted by molar-refractivity contribution is 6.22. The largest absolute Gasteiger partial charge is 0.389 e. The number of nitrogens with zero attached hydrogens (tertiary/aromatic N) is 6. The molecule has 3 aromatic heterocycles. The first-order chi connectivity index (χ1) is 18.4. The van der Waals surface area contributed by atoms with Crippen LogP contribution in [0.15, 0.2) is 48.8 Å². The Bertz CT molecular complexity index is 1600. The first-order valence-corrected chi connectivity index (χ1v) is 12.5. The van der Waals surface area contributed by atoms with Crippen LogP contribution in [0.4, 0.5) is 11.5 Å². The van der Waals surface area contributed by atoms with Gasteiger partial charge in [-0.2, -0.15) is 5.26 Å². The molecule has 4 aromatic rings. The highest BCUT2D eigenvalue weighted by Crippen LogP contribution is 2.38. The normalized spacial score (nSPS) is 16.8. The van der Waals surface area contributed by atoms with Gasteiger partial charge in [-0.1, -0.05) is 12.1 Å². The summed E-state index contributed by atoms with van der Waals surface area (Å²) in [6.07, 6.45) is 4.56. The summed E-state index contributed by atoms with van der Waals surface area (Å²) >= 11 is 0. The van der Waals surface area contributed by atoms with Crippen molar-refractivity contribution in [2.45, 2.75) is 25.4 Å². The molecule has 2 aliphatic heterocycles. The maximum Gasteiger partial charge on any atom is 0.243 e. The van der Waals surface area contributed by atoms with Crippen molar-refractivity contribution < 1.29 is 9.53 Å². The second-order valence-electron chi connectivity index (χ2n) is 10.0. The van der Waals surface area contributed by atoms with Crippen LogP contribution in [-0.2, 0) is 17.8 Å². The van der Waals surface area contributed by atoms with Gasteiger partial charge in [-0.25, -0.2) is 9.97 Å². The Labute approximate surface area is 222 Å². The first kappa shape index (κ1) is 24.2. The number of ether oxygens (including phenoxy) is 1. The molecule has 0 saturated carbocycles. The van der Waals surface area contributed by atoms with Crippen LogP contribution in [0, 0.1) is 11.3 Å². The number of fused-ring (bicyclic) bond motifs is 2. The lowest BCUT2D eigenvalue weighted by molar-refractivity contribution is 0.0881. The lowest BCUT2D eigenvalue weighted by atomic mass is 9.96. The zero-order valence-electron chi connectivity index (χ0n) is 21.3. The highest BCUT2D eigenvalue weighted by Gasteiger charge is 2.31. The molecule has 0 spiro atoms. The zero-order chi connectivity index (χ0) is 26.4. The first-order valence-electron chi connectivity index (χ1n) is 12.5. The van der Waals surface area contributed by atoms with Crippen molar-refractivity contribution in [1.29, 1.82) is 5.26 Å². The highest BCUT2D eigenvalue weighted by atomic mass is 16.5. The number of nitrogens with one attached hydrogen (secondary N) is 1. The summed E-state index contributed by atoms with van der Waals surface area (Å²) in [6, 6.07) is 13.6. The molecule has 1 fully saturated rings. The SMILES string of the molecule is [B]N1Cc2c(-c3cnc4cc(C#N)ccn34)ccc(Nc3ccc(C4CCOC4)c(CN(C)C)n3)c2C1=O. The molecule has 6 rings (SSSR count). The fraction of sp³-hybridized carbons (Fsp3) is 0.286. The molecule has 0 aliphatic carbocycles. The van der Waals surface area contributed by atoms with Crippen molar-refractivity contribution in [1.82, 2.24) is 24.1 Å². The molecular weight excluding hydrogens is 477 g/mol. The topological polar surface area (TPSA) is 98.8 Å². The average molecular weight is 503 g/mol. The Kier molecular flexibility index (Phi) is 6.10. The van der Waals surface area contributed by atoms with E-state index in [9.17, 15) is 10.1 Å². The van der Waals surface area contributed by atoms with Crippen molar-refractivity contribution in [3.8, 4) is 17.3 Å². The molecule has 1 atom stereocenters. The Morgan fingerprint density at radius 3 is 2.89 bits per heavy atom. The maximum absolute atomic E-state index is 13.2. The molecule has 9 nitrogen and oxygen atoms in total. The van der Waals surface area contributed by atoms with E-state index in [2.05, 4.69) is 27.3 Å². The Hall–Kier alpha value is -4.20. The van der Waals surface area contributed by atoms with Crippen LogP contribution in [-0.4, -0.2) is 65.3 Å². The monoisotopic (exact) mass is 503 g/mol. The van der Waals surface area contributed by atoms with Gasteiger partial charge in [0.05, 0.1) is 47.1 Å². The van der Waals surface area contributed by atoms with Crippen molar-refractivity contribution >= 4 is 31.0 Å². The number of amides is 1. The number of carbonyl (C=O) groups excluding carboxylic acids is 1. The molecule has 1 unspecified atom stereocenters. The van der Waals surface area contributed by atoms with Crippen molar-refractivity contribution in [3.05, 3.63) is 76.7 Å². The average Bonchev–Trinajstić information content (AvgIpc) is 3.64. The minimum atomic E-state index is -0.252. The van der Waals surface area contributed by atoms with Gasteiger partial charge >= 0.3 is 0 Å². The Morgan fingerprint density at radius 2 is 2.13 bits per heavy atom. The molecule has 1 N–H and O–H groups in total. The van der Waals surface area contributed by atoms with Gasteiger partial charge in [-0.3, -0.25) is 9.20 Å². The van der Waals surface area contributed by atoms with Crippen molar-refractivity contribution in [2.75, 3.05) is 32.6 Å². The van der Waals surface area contributed by atoms with Gasteiger partial charge < -0.3 is 19.8 Å². The number of pyridine rings is 2. The molecule has 2 radical (unpaired) electrons. The number of hydrogen-bond donors (Lipinski definition) is 1. The second-order valence-corrected chi connectivity index (χ2v) is 10.0. The quantitative estimate of drug-likeness (QED) is 0.402. The molecule has 188 valence electrons. The van der Waals surface area contributed by atoms with Crippen LogP contribution in [0.5, 0.6) is 0 Å². The van der Waals surface area contributed by atoms with Gasteiger partial charge in [0, 0.05) is 37.4 Å². The molecule has 38 heavy (non-hydrogen) atoms. The summed E-state index contributed by atoms with van der Waals surface area (Å²) in [5.74, 6) is 0.761. The fourth-order valence-corrected chi connectivity index (χ4v) is 5.33. The van der Waals surface area contributed by atoms with Crippen LogP contribution in [0.3, 0.4) is 0 Å². The number of benzene rings is 1. The number of imidazole rings is 1. The number of rotatable bonds is 6. The lowest BCUT2D eigenvalue weighted by Gasteiger charge is -2.19. The van der Waals surface area contributed by atoms with E-state index in [-0.39, 0.29) is 12.5 Å². The Morgan fingerprint density at radius 1 is 1.26 bits per heavy atom. The van der Waals surface area contributed by atoms with Gasteiger partial charge in [0.25, 0.3) is 0 Å². The van der Waals surface area contributed by atoms with Gasteiger partial charge in [-0.15, -0.1) is 0 Å². The fourth-order valence-electron chi connectivity index (χ4n) is 5.33. The summed E-state index contributed by atoms with van der Waals surface area (Å²) in [7, 11) is 10.1. The summed E-state index contributed by atoms with van der Waals surface area (Å²) in [5, 5.41) is 12.6. The number of nitriles is 1. The molecule has 2 aliphatic rings. The van der Waals surface area contributed by atoms with E-state index in [0.717, 1.165) is 35.5 Å². The minimum Gasteiger partial charge on any atom is -0.389 e. The van der Waals surface area contributed by atoms with Crippen molar-refractivity contribution in [2.24, 2.45) is 0 Å². The molecule has 1 amide bonds. The Balaban J connectivity index is 1.40. The van der Waals surface area contributed by atoms with Gasteiger partial charge in [0.1, 0.15) is 11.5 Å². The van der Waals surface area contributed by atoms with E-state index in [1.807, 2.05) is 42.9 Å². The summed E-state index contributed by atoms with van der Waals surface area (Å²) < 4.78 is 7.53. The third-order valence-corrected chi connectivity index (χ3v) is 7.14. The van der Waals surface area contributed by atoms with Gasteiger partial charge in [-0.05, 0) is 55.9 Å². The number of carbonyl (C=O) groups is 1. The number of aromatic nitrogens is 3. The van der Waals surface area contributed by atoms with Crippen LogP contribution < -0.4 is 5.32 Å². The van der Waals surface area contributed by atoms with E-state index >= 15 is 0 Å². The number of anilines is 2. The second kappa shape index (κ2) is 9.60. The van der Waals surface area contributed by atoms with Gasteiger partial charge in [0.2, 0.25) is 13.9 Å². The predicted octanol–water partition coefficient (Wildman–Crippen LogP) is 3.62. The third-order valence-electron chi connectivity index (χ3n) is 7.14. The van der Waals surface area contributed by atoms with Gasteiger partial charge in [0.15, 0.2) is 0 Å². The molecule has 10 heteroatoms. The summed E-state index contributed by atoms with van der Waals surface area (Å²) in [5.41, 5.74) is 7.09. The summed E-state index contributed by atoms with van der Waals surface area (Å²) in [4.78, 5) is 25.9. The maximum atomic E-state index is 13.2. The van der Waals surface area contributed by atoms with E-state index in [1.165, 1.54) is 10.4 Å². The molecule has 0 bridgehead atoms. The van der Waals surface area contributed by atoms with Crippen LogP contribution >= 0.6 is 0 Å². The van der Waals surface area contributed by atoms with Crippen molar-refractivity contribution in [3.63, 3.8) is 0 Å². The molecule has 1 aromatic carbocycles. The van der Waals surface area contributed by atoms with E-state index < -0.39 is 0 Å². The predicted molar refractivity (Wildman–Crippen MR) is 144 cm³/mol. The number of hydrogen-bond acceptors (Lipinski definition) is 7. The molecule has 5 heterocycles.